The molecule has 1 unspecified atom stereocenters. The molecular weight excluding hydrogens is 412 g/mol. The lowest BCUT2D eigenvalue weighted by molar-refractivity contribution is -0.153. The number of carbonyl (C=O) groups is 2. The standard InChI is InChI=1S/C23H46N4O5/c1-2-3-4-5-6-7-8-9-10-11-12-15-21(29)31-17-19(28)18-32-22(30)20(24)14-13-16-27-23(25)26/h19-20,28H,2-18,24H2,1H3,(H4,25,26,27)/t19?,20-/m0/s1. The van der Waals surface area contributed by atoms with Gasteiger partial charge >= 0.3 is 11.9 Å². The third kappa shape index (κ3) is 20.1. The fourth-order valence-corrected chi connectivity index (χ4v) is 3.17. The molecule has 9 nitrogen and oxygen atoms in total. The van der Waals surface area contributed by atoms with Crippen LogP contribution in [0.5, 0.6) is 0 Å². The van der Waals surface area contributed by atoms with E-state index in [0.717, 1.165) is 19.3 Å². The molecule has 0 aliphatic heterocycles. The van der Waals surface area contributed by atoms with E-state index in [9.17, 15) is 14.7 Å². The quantitative estimate of drug-likeness (QED) is 0.0882. The summed E-state index contributed by atoms with van der Waals surface area (Å²) in [7, 11) is 0. The lowest BCUT2D eigenvalue weighted by Crippen LogP contribution is -2.35. The van der Waals surface area contributed by atoms with Crippen LogP contribution in [0.15, 0.2) is 4.99 Å². The van der Waals surface area contributed by atoms with Gasteiger partial charge in [-0.2, -0.15) is 0 Å². The van der Waals surface area contributed by atoms with E-state index in [1.165, 1.54) is 51.4 Å². The Bertz CT molecular complexity index is 513. The number of ether oxygens (including phenoxy) is 2. The first-order valence-electron chi connectivity index (χ1n) is 12.2. The molecule has 9 heteroatoms. The molecule has 0 radical (unpaired) electrons. The molecule has 0 amide bonds. The molecule has 7 N–H and O–H groups in total. The van der Waals surface area contributed by atoms with Gasteiger partial charge in [0.1, 0.15) is 25.4 Å². The Morgan fingerprint density at radius 3 is 1.94 bits per heavy atom. The van der Waals surface area contributed by atoms with Crippen LogP contribution < -0.4 is 17.2 Å². The van der Waals surface area contributed by atoms with Gasteiger partial charge in [0.15, 0.2) is 5.96 Å². The first kappa shape index (κ1) is 30.1. The van der Waals surface area contributed by atoms with Gasteiger partial charge in [-0.25, -0.2) is 0 Å². The Balaban J connectivity index is 3.60. The van der Waals surface area contributed by atoms with E-state index in [1.807, 2.05) is 0 Å². The topological polar surface area (TPSA) is 163 Å². The number of guanidine groups is 1. The number of aliphatic imine (C=N–C) groups is 1. The normalized spacial score (nSPS) is 12.7. The van der Waals surface area contributed by atoms with Crippen LogP contribution in [0, 0.1) is 0 Å². The molecular formula is C23H46N4O5. The molecule has 0 fully saturated rings. The number of rotatable bonds is 21. The molecule has 0 saturated carbocycles. The summed E-state index contributed by atoms with van der Waals surface area (Å²) in [6, 6.07) is -0.819. The number of nitrogens with zero attached hydrogens (tertiary/aromatic N) is 1. The summed E-state index contributed by atoms with van der Waals surface area (Å²) >= 11 is 0. The highest BCUT2D eigenvalue weighted by atomic mass is 16.6. The Hall–Kier alpha value is -1.87. The average molecular weight is 459 g/mol. The maximum atomic E-state index is 11.8. The monoisotopic (exact) mass is 458 g/mol. The van der Waals surface area contributed by atoms with Gasteiger partial charge in [-0.1, -0.05) is 71.1 Å². The van der Waals surface area contributed by atoms with Crippen LogP contribution in [-0.2, 0) is 19.1 Å². The number of carbonyl (C=O) groups excluding carboxylic acids is 2. The number of hydrogen-bond donors (Lipinski definition) is 4. The predicted octanol–water partition coefficient (Wildman–Crippen LogP) is 2.52. The van der Waals surface area contributed by atoms with Crippen LogP contribution in [0.2, 0.25) is 0 Å². The summed E-state index contributed by atoms with van der Waals surface area (Å²) in [5, 5.41) is 9.82. The highest BCUT2D eigenvalue weighted by Crippen LogP contribution is 2.12. The van der Waals surface area contributed by atoms with Gasteiger partial charge in [0, 0.05) is 13.0 Å². The van der Waals surface area contributed by atoms with Crippen molar-refractivity contribution in [1.29, 1.82) is 0 Å². The van der Waals surface area contributed by atoms with Crippen LogP contribution in [0.25, 0.3) is 0 Å². The van der Waals surface area contributed by atoms with Gasteiger partial charge < -0.3 is 31.8 Å². The van der Waals surface area contributed by atoms with E-state index in [4.69, 9.17) is 26.7 Å². The van der Waals surface area contributed by atoms with Crippen molar-refractivity contribution in [3.8, 4) is 0 Å². The molecule has 0 bridgehead atoms. The van der Waals surface area contributed by atoms with Crippen LogP contribution in [0.1, 0.15) is 96.8 Å². The van der Waals surface area contributed by atoms with Gasteiger partial charge in [-0.15, -0.1) is 0 Å². The summed E-state index contributed by atoms with van der Waals surface area (Å²) in [6.45, 7) is 2.13. The van der Waals surface area contributed by atoms with Gasteiger partial charge in [0.05, 0.1) is 0 Å². The maximum Gasteiger partial charge on any atom is 0.323 e. The number of unbranched alkanes of at least 4 members (excludes halogenated alkanes) is 10. The number of nitrogens with two attached hydrogens (primary N) is 3. The van der Waals surface area contributed by atoms with Crippen molar-refractivity contribution in [2.75, 3.05) is 19.8 Å². The third-order valence-electron chi connectivity index (χ3n) is 5.11. The zero-order valence-electron chi connectivity index (χ0n) is 19.9. The molecule has 32 heavy (non-hydrogen) atoms. The second-order valence-electron chi connectivity index (χ2n) is 8.31. The first-order chi connectivity index (χ1) is 15.4. The van der Waals surface area contributed by atoms with E-state index in [1.54, 1.807) is 0 Å². The Kier molecular flexibility index (Phi) is 19.8. The van der Waals surface area contributed by atoms with Crippen molar-refractivity contribution in [3.05, 3.63) is 0 Å². The molecule has 0 aromatic carbocycles. The zero-order chi connectivity index (χ0) is 24.0. The van der Waals surface area contributed by atoms with Crippen molar-refractivity contribution in [2.24, 2.45) is 22.2 Å². The molecule has 0 rings (SSSR count). The van der Waals surface area contributed by atoms with Crippen molar-refractivity contribution >= 4 is 17.9 Å². The highest BCUT2D eigenvalue weighted by Gasteiger charge is 2.17. The van der Waals surface area contributed by atoms with Crippen LogP contribution in [0.4, 0.5) is 0 Å². The fraction of sp³-hybridized carbons (Fsp3) is 0.870. The molecule has 0 spiro atoms. The van der Waals surface area contributed by atoms with Gasteiger partial charge in [-0.3, -0.25) is 14.6 Å². The second kappa shape index (κ2) is 21.0. The van der Waals surface area contributed by atoms with E-state index >= 15 is 0 Å². The minimum Gasteiger partial charge on any atom is -0.463 e. The van der Waals surface area contributed by atoms with E-state index in [0.29, 0.717) is 25.8 Å². The molecule has 2 atom stereocenters. The minimum atomic E-state index is -1.07. The van der Waals surface area contributed by atoms with Gasteiger partial charge in [0.2, 0.25) is 0 Å². The Labute approximate surface area is 193 Å². The molecule has 0 aromatic heterocycles. The lowest BCUT2D eigenvalue weighted by atomic mass is 10.1. The lowest BCUT2D eigenvalue weighted by Gasteiger charge is -2.14. The smallest absolute Gasteiger partial charge is 0.323 e. The van der Waals surface area contributed by atoms with Crippen molar-refractivity contribution in [1.82, 2.24) is 0 Å². The summed E-state index contributed by atoms with van der Waals surface area (Å²) in [4.78, 5) is 27.4. The van der Waals surface area contributed by atoms with Crippen molar-refractivity contribution in [3.63, 3.8) is 0 Å². The summed E-state index contributed by atoms with van der Waals surface area (Å²) in [5.41, 5.74) is 16.1. The SMILES string of the molecule is CCCCCCCCCCCCCC(=O)OCC(O)COC(=O)[C@@H](N)CCCN=C(N)N. The largest absolute Gasteiger partial charge is 0.463 e. The van der Waals surface area contributed by atoms with Crippen LogP contribution in [0.3, 0.4) is 0 Å². The average Bonchev–Trinajstić information content (AvgIpc) is 2.76. The number of aliphatic hydroxyl groups is 1. The van der Waals surface area contributed by atoms with E-state index in [-0.39, 0.29) is 25.1 Å². The fourth-order valence-electron chi connectivity index (χ4n) is 3.17. The molecule has 0 saturated heterocycles. The minimum absolute atomic E-state index is 0.0117. The number of aliphatic hydroxyl groups excluding tert-OH is 1. The Morgan fingerprint density at radius 2 is 1.38 bits per heavy atom. The molecule has 0 heterocycles. The second-order valence-corrected chi connectivity index (χ2v) is 8.31. The predicted molar refractivity (Wildman–Crippen MR) is 127 cm³/mol. The molecule has 0 aliphatic carbocycles. The van der Waals surface area contributed by atoms with Crippen molar-refractivity contribution < 1.29 is 24.2 Å². The number of esters is 2. The van der Waals surface area contributed by atoms with Gasteiger partial charge in [-0.05, 0) is 19.3 Å². The summed E-state index contributed by atoms with van der Waals surface area (Å²) < 4.78 is 10.00. The zero-order valence-corrected chi connectivity index (χ0v) is 19.9. The van der Waals surface area contributed by atoms with Crippen LogP contribution in [-0.4, -0.2) is 54.9 Å². The molecule has 188 valence electrons. The number of hydrogen-bond acceptors (Lipinski definition) is 7. The third-order valence-corrected chi connectivity index (χ3v) is 5.11. The highest BCUT2D eigenvalue weighted by molar-refractivity contribution is 5.76. The Morgan fingerprint density at radius 1 is 0.844 bits per heavy atom. The molecule has 0 aromatic rings. The van der Waals surface area contributed by atoms with E-state index in [2.05, 4.69) is 11.9 Å². The van der Waals surface area contributed by atoms with E-state index < -0.39 is 18.1 Å². The van der Waals surface area contributed by atoms with Crippen LogP contribution >= 0.6 is 0 Å². The molecule has 0 aliphatic rings. The summed E-state index contributed by atoms with van der Waals surface area (Å²) in [5.74, 6) is -0.980. The van der Waals surface area contributed by atoms with Crippen molar-refractivity contribution in [2.45, 2.75) is 109 Å². The van der Waals surface area contributed by atoms with Gasteiger partial charge in [0.25, 0.3) is 0 Å². The maximum absolute atomic E-state index is 11.8. The first-order valence-corrected chi connectivity index (χ1v) is 12.2. The summed E-state index contributed by atoms with van der Waals surface area (Å²) in [6.07, 6.45) is 13.5.